The molecular weight excluding hydrogens is 372 g/mol. The van der Waals surface area contributed by atoms with E-state index in [0.717, 1.165) is 37.3 Å². The van der Waals surface area contributed by atoms with Crippen molar-refractivity contribution >= 4 is 34.4 Å². The van der Waals surface area contributed by atoms with E-state index in [-0.39, 0.29) is 17.6 Å². The first-order valence-electron chi connectivity index (χ1n) is 9.65. The fourth-order valence-corrected chi connectivity index (χ4v) is 3.94. The molecule has 2 N–H and O–H groups in total. The van der Waals surface area contributed by atoms with Gasteiger partial charge < -0.3 is 19.9 Å². The van der Waals surface area contributed by atoms with Crippen LogP contribution in [0.25, 0.3) is 11.2 Å². The normalized spacial score (nSPS) is 19.6. The Bertz CT molecular complexity index is 1100. The Morgan fingerprint density at radius 2 is 2.03 bits per heavy atom. The molecule has 148 valence electrons. The molecule has 1 saturated heterocycles. The molecule has 9 heteroatoms. The summed E-state index contributed by atoms with van der Waals surface area (Å²) in [7, 11) is 0. The summed E-state index contributed by atoms with van der Waals surface area (Å²) in [5.74, 6) is 1.24. The molecule has 0 spiro atoms. The molecule has 3 aromatic rings. The average Bonchev–Trinajstić information content (AvgIpc) is 3.23. The Kier molecular flexibility index (Phi) is 4.15. The van der Waals surface area contributed by atoms with Crippen molar-refractivity contribution < 1.29 is 14.3 Å². The fraction of sp³-hybridized carbons (Fsp3) is 0.350. The number of H-pyrrole nitrogens is 1. The van der Waals surface area contributed by atoms with E-state index in [1.54, 1.807) is 31.5 Å². The zero-order valence-corrected chi connectivity index (χ0v) is 15.9. The highest BCUT2D eigenvalue weighted by molar-refractivity contribution is 6.02. The summed E-state index contributed by atoms with van der Waals surface area (Å²) in [5.41, 5.74) is 2.61. The number of fused-ring (bicyclic) bond motifs is 2. The third-order valence-electron chi connectivity index (χ3n) is 5.56. The first kappa shape index (κ1) is 17.6. The molecule has 2 aliphatic heterocycles. The number of amides is 1. The van der Waals surface area contributed by atoms with Crippen molar-refractivity contribution in [1.82, 2.24) is 19.9 Å². The minimum absolute atomic E-state index is 0.0671. The van der Waals surface area contributed by atoms with Gasteiger partial charge in [0.05, 0.1) is 12.0 Å². The number of nitrogens with one attached hydrogen (secondary N) is 2. The van der Waals surface area contributed by atoms with E-state index in [2.05, 4.69) is 30.2 Å². The number of carbonyl (C=O) groups is 2. The molecule has 5 rings (SSSR count). The highest BCUT2D eigenvalue weighted by atomic mass is 16.5. The lowest BCUT2D eigenvalue weighted by atomic mass is 9.88. The molecule has 0 radical (unpaired) electrons. The van der Waals surface area contributed by atoms with Crippen LogP contribution in [-0.2, 0) is 4.79 Å². The van der Waals surface area contributed by atoms with Crippen molar-refractivity contribution in [2.45, 2.75) is 25.9 Å². The van der Waals surface area contributed by atoms with E-state index in [1.807, 2.05) is 0 Å². The van der Waals surface area contributed by atoms with Gasteiger partial charge in [-0.3, -0.25) is 9.59 Å². The highest BCUT2D eigenvalue weighted by Gasteiger charge is 2.29. The maximum Gasteiger partial charge on any atom is 0.265 e. The third-order valence-corrected chi connectivity index (χ3v) is 5.56. The molecule has 2 aliphatic rings. The van der Waals surface area contributed by atoms with Crippen molar-refractivity contribution in [3.05, 3.63) is 36.4 Å². The van der Waals surface area contributed by atoms with Crippen LogP contribution >= 0.6 is 0 Å². The lowest BCUT2D eigenvalue weighted by Gasteiger charge is -2.32. The number of carbonyl (C=O) groups excluding carboxylic acids is 2. The van der Waals surface area contributed by atoms with Gasteiger partial charge in [0.1, 0.15) is 17.6 Å². The average molecular weight is 392 g/mol. The number of benzene rings is 1. The van der Waals surface area contributed by atoms with Gasteiger partial charge >= 0.3 is 0 Å². The summed E-state index contributed by atoms with van der Waals surface area (Å²) in [6.45, 7) is 3.15. The molecule has 29 heavy (non-hydrogen) atoms. The summed E-state index contributed by atoms with van der Waals surface area (Å²) in [5, 5.41) is 2.80. The second kappa shape index (κ2) is 6.84. The van der Waals surface area contributed by atoms with E-state index in [1.165, 1.54) is 6.33 Å². The molecule has 1 fully saturated rings. The Morgan fingerprint density at radius 3 is 2.86 bits per heavy atom. The smallest absolute Gasteiger partial charge is 0.265 e. The van der Waals surface area contributed by atoms with E-state index in [0.29, 0.717) is 22.6 Å². The number of Topliss-reactive ketones (excluding diaryl/α,β-unsaturated/α-hetero) is 1. The van der Waals surface area contributed by atoms with Crippen molar-refractivity contribution in [1.29, 1.82) is 0 Å². The van der Waals surface area contributed by atoms with Crippen LogP contribution in [0.2, 0.25) is 0 Å². The van der Waals surface area contributed by atoms with Gasteiger partial charge in [-0.2, -0.15) is 0 Å². The summed E-state index contributed by atoms with van der Waals surface area (Å²) in [4.78, 5) is 42.8. The van der Waals surface area contributed by atoms with Crippen molar-refractivity contribution in [2.75, 3.05) is 23.3 Å². The summed E-state index contributed by atoms with van der Waals surface area (Å²) in [6, 6.07) is 5.24. The number of piperidine rings is 1. The standard InChI is InChI=1S/C20H20N6O3/c1-11-20(28)25-14-8-13(2-3-15(14)29-11)17(27)12-4-6-26(7-5-12)19-16-18(22-9-21-16)23-10-24-19/h2-3,8-12H,4-7H2,1H3,(H,25,28)(H,21,22,23,24). The Balaban J connectivity index is 1.30. The van der Waals surface area contributed by atoms with Gasteiger partial charge in [0.2, 0.25) is 0 Å². The summed E-state index contributed by atoms with van der Waals surface area (Å²) < 4.78 is 5.57. The maximum absolute atomic E-state index is 13.0. The second-order valence-corrected chi connectivity index (χ2v) is 7.38. The number of ketones is 1. The number of anilines is 2. The molecule has 1 amide bonds. The zero-order chi connectivity index (χ0) is 20.0. The van der Waals surface area contributed by atoms with Crippen LogP contribution in [0.1, 0.15) is 30.1 Å². The Hall–Kier alpha value is -3.49. The molecule has 4 heterocycles. The minimum Gasteiger partial charge on any atom is -0.479 e. The monoisotopic (exact) mass is 392 g/mol. The predicted octanol–water partition coefficient (Wildman–Crippen LogP) is 2.17. The number of aromatic nitrogens is 4. The number of hydrogen-bond donors (Lipinski definition) is 2. The van der Waals surface area contributed by atoms with Crippen molar-refractivity contribution in [3.8, 4) is 5.75 Å². The van der Waals surface area contributed by atoms with E-state index in [9.17, 15) is 9.59 Å². The Labute approximate surface area is 166 Å². The maximum atomic E-state index is 13.0. The first-order chi connectivity index (χ1) is 14.1. The molecule has 9 nitrogen and oxygen atoms in total. The highest BCUT2D eigenvalue weighted by Crippen LogP contribution is 2.33. The SMILES string of the molecule is CC1Oc2ccc(C(=O)C3CCN(c4ncnc5nc[nH]c45)CC3)cc2NC1=O. The van der Waals surface area contributed by atoms with Crippen LogP contribution in [0.4, 0.5) is 11.5 Å². The van der Waals surface area contributed by atoms with Crippen LogP contribution in [0, 0.1) is 5.92 Å². The lowest BCUT2D eigenvalue weighted by Crippen LogP contribution is -2.37. The second-order valence-electron chi connectivity index (χ2n) is 7.38. The molecule has 1 atom stereocenters. The Morgan fingerprint density at radius 1 is 1.21 bits per heavy atom. The number of nitrogens with zero attached hydrogens (tertiary/aromatic N) is 4. The topological polar surface area (TPSA) is 113 Å². The zero-order valence-electron chi connectivity index (χ0n) is 15.9. The largest absolute Gasteiger partial charge is 0.479 e. The quantitative estimate of drug-likeness (QED) is 0.657. The molecule has 1 aromatic carbocycles. The number of aromatic amines is 1. The van der Waals surface area contributed by atoms with Crippen LogP contribution < -0.4 is 15.0 Å². The first-order valence-corrected chi connectivity index (χ1v) is 9.65. The predicted molar refractivity (Wildman–Crippen MR) is 106 cm³/mol. The van der Waals surface area contributed by atoms with Crippen LogP contribution in [-0.4, -0.2) is 50.8 Å². The van der Waals surface area contributed by atoms with Crippen LogP contribution in [0.15, 0.2) is 30.9 Å². The van der Waals surface area contributed by atoms with Gasteiger partial charge in [0.15, 0.2) is 23.4 Å². The lowest BCUT2D eigenvalue weighted by molar-refractivity contribution is -0.122. The molecule has 0 saturated carbocycles. The summed E-state index contributed by atoms with van der Waals surface area (Å²) in [6.07, 6.45) is 4.06. The van der Waals surface area contributed by atoms with Gasteiger partial charge in [0.25, 0.3) is 5.91 Å². The van der Waals surface area contributed by atoms with Crippen LogP contribution in [0.3, 0.4) is 0 Å². The van der Waals surface area contributed by atoms with Gasteiger partial charge in [-0.05, 0) is 38.0 Å². The van der Waals surface area contributed by atoms with E-state index >= 15 is 0 Å². The third kappa shape index (κ3) is 3.08. The summed E-state index contributed by atoms with van der Waals surface area (Å²) >= 11 is 0. The molecular formula is C20H20N6O3. The van der Waals surface area contributed by atoms with Crippen molar-refractivity contribution in [2.24, 2.45) is 5.92 Å². The van der Waals surface area contributed by atoms with Crippen LogP contribution in [0.5, 0.6) is 5.75 Å². The number of hydrogen-bond acceptors (Lipinski definition) is 7. The number of imidazole rings is 1. The van der Waals surface area contributed by atoms with Gasteiger partial charge in [-0.1, -0.05) is 0 Å². The van der Waals surface area contributed by atoms with Gasteiger partial charge in [-0.25, -0.2) is 15.0 Å². The van der Waals surface area contributed by atoms with E-state index in [4.69, 9.17) is 4.74 Å². The molecule has 1 unspecified atom stereocenters. The van der Waals surface area contributed by atoms with Gasteiger partial charge in [-0.15, -0.1) is 0 Å². The minimum atomic E-state index is -0.531. The molecule has 0 bridgehead atoms. The van der Waals surface area contributed by atoms with Gasteiger partial charge in [0, 0.05) is 24.6 Å². The number of rotatable bonds is 3. The van der Waals surface area contributed by atoms with Crippen molar-refractivity contribution in [3.63, 3.8) is 0 Å². The molecule has 0 aliphatic carbocycles. The number of ether oxygens (including phenoxy) is 1. The molecule has 2 aromatic heterocycles. The fourth-order valence-electron chi connectivity index (χ4n) is 3.94. The van der Waals surface area contributed by atoms with E-state index < -0.39 is 6.10 Å².